The Labute approximate surface area is 144 Å². The van der Waals surface area contributed by atoms with Gasteiger partial charge in [0.15, 0.2) is 0 Å². The van der Waals surface area contributed by atoms with Crippen molar-refractivity contribution in [2.75, 3.05) is 0 Å². The predicted octanol–water partition coefficient (Wildman–Crippen LogP) is 4.65. The number of nitro groups is 1. The second-order valence-electron chi connectivity index (χ2n) is 5.45. The average molecular weight is 333 g/mol. The minimum absolute atomic E-state index is 0.107. The predicted molar refractivity (Wildman–Crippen MR) is 94.7 cm³/mol. The van der Waals surface area contributed by atoms with Crippen LogP contribution in [-0.2, 0) is 6.61 Å². The van der Waals surface area contributed by atoms with E-state index < -0.39 is 4.92 Å². The van der Waals surface area contributed by atoms with Gasteiger partial charge >= 0.3 is 0 Å². The van der Waals surface area contributed by atoms with Crippen molar-refractivity contribution in [3.63, 3.8) is 0 Å². The molecule has 0 heterocycles. The zero-order chi connectivity index (χ0) is 17.6. The first-order valence-electron chi connectivity index (χ1n) is 7.68. The van der Waals surface area contributed by atoms with Crippen LogP contribution in [0.25, 0.3) is 11.1 Å². The van der Waals surface area contributed by atoms with Gasteiger partial charge in [0.1, 0.15) is 18.6 Å². The van der Waals surface area contributed by atoms with Gasteiger partial charge in [0.25, 0.3) is 5.69 Å². The Morgan fingerprint density at radius 1 is 0.960 bits per heavy atom. The summed E-state index contributed by atoms with van der Waals surface area (Å²) in [6, 6.07) is 21.3. The van der Waals surface area contributed by atoms with Gasteiger partial charge in [-0.3, -0.25) is 14.9 Å². The molecule has 3 rings (SSSR count). The van der Waals surface area contributed by atoms with E-state index in [0.29, 0.717) is 29.8 Å². The minimum Gasteiger partial charge on any atom is -0.489 e. The van der Waals surface area contributed by atoms with Gasteiger partial charge in [-0.15, -0.1) is 0 Å². The van der Waals surface area contributed by atoms with E-state index in [0.717, 1.165) is 5.56 Å². The maximum atomic E-state index is 11.3. The summed E-state index contributed by atoms with van der Waals surface area (Å²) in [7, 11) is 0. The number of hydrogen-bond acceptors (Lipinski definition) is 4. The smallest absolute Gasteiger partial charge is 0.277 e. The van der Waals surface area contributed by atoms with Crippen molar-refractivity contribution in [3.05, 3.63) is 94.0 Å². The Morgan fingerprint density at radius 2 is 1.76 bits per heavy atom. The van der Waals surface area contributed by atoms with E-state index in [1.807, 2.05) is 30.3 Å². The van der Waals surface area contributed by atoms with Crippen molar-refractivity contribution in [1.82, 2.24) is 0 Å². The zero-order valence-corrected chi connectivity index (χ0v) is 13.3. The lowest BCUT2D eigenvalue weighted by Crippen LogP contribution is -1.96. The van der Waals surface area contributed by atoms with E-state index in [1.54, 1.807) is 36.4 Å². The van der Waals surface area contributed by atoms with Gasteiger partial charge in [0.05, 0.1) is 10.5 Å². The monoisotopic (exact) mass is 333 g/mol. The summed E-state index contributed by atoms with van der Waals surface area (Å²) in [4.78, 5) is 21.7. The summed E-state index contributed by atoms with van der Waals surface area (Å²) in [5, 5.41) is 11.3. The second kappa shape index (κ2) is 7.40. The van der Waals surface area contributed by atoms with Gasteiger partial charge in [-0.25, -0.2) is 0 Å². The van der Waals surface area contributed by atoms with Crippen molar-refractivity contribution in [1.29, 1.82) is 0 Å². The van der Waals surface area contributed by atoms with Crippen LogP contribution >= 0.6 is 0 Å². The average Bonchev–Trinajstić information content (AvgIpc) is 2.67. The standard InChI is InChI=1S/C20H15NO4/c22-13-16-9-10-19(20(11-16)21(23)24)17-7-4-8-18(12-17)25-14-15-5-2-1-3-6-15/h1-13H,14H2. The number of benzene rings is 3. The van der Waals surface area contributed by atoms with Crippen LogP contribution in [0.1, 0.15) is 15.9 Å². The molecule has 0 saturated heterocycles. The third-order valence-electron chi connectivity index (χ3n) is 3.75. The number of nitrogens with zero attached hydrogens (tertiary/aromatic N) is 1. The van der Waals surface area contributed by atoms with Gasteiger partial charge in [-0.1, -0.05) is 48.5 Å². The Morgan fingerprint density at radius 3 is 2.48 bits per heavy atom. The van der Waals surface area contributed by atoms with Gasteiger partial charge in [-0.2, -0.15) is 0 Å². The highest BCUT2D eigenvalue weighted by atomic mass is 16.6. The summed E-state index contributed by atoms with van der Waals surface area (Å²) in [5.41, 5.74) is 2.31. The number of rotatable bonds is 6. The number of aldehydes is 1. The molecule has 0 unspecified atom stereocenters. The lowest BCUT2D eigenvalue weighted by molar-refractivity contribution is -0.384. The topological polar surface area (TPSA) is 69.4 Å². The highest BCUT2D eigenvalue weighted by Crippen LogP contribution is 2.32. The molecule has 5 heteroatoms. The van der Waals surface area contributed by atoms with Crippen LogP contribution < -0.4 is 4.74 Å². The van der Waals surface area contributed by atoms with Crippen LogP contribution in [0, 0.1) is 10.1 Å². The summed E-state index contributed by atoms with van der Waals surface area (Å²) < 4.78 is 5.77. The SMILES string of the molecule is O=Cc1ccc(-c2cccc(OCc3ccccc3)c2)c([N+](=O)[O-])c1. The fourth-order valence-electron chi connectivity index (χ4n) is 2.51. The lowest BCUT2D eigenvalue weighted by atomic mass is 10.0. The van der Waals surface area contributed by atoms with E-state index in [-0.39, 0.29) is 11.3 Å². The Bertz CT molecular complexity index is 907. The van der Waals surface area contributed by atoms with E-state index in [1.165, 1.54) is 6.07 Å². The molecule has 0 bridgehead atoms. The zero-order valence-electron chi connectivity index (χ0n) is 13.3. The maximum Gasteiger partial charge on any atom is 0.277 e. The molecule has 124 valence electrons. The number of hydrogen-bond donors (Lipinski definition) is 0. The molecular weight excluding hydrogens is 318 g/mol. The number of carbonyl (C=O) groups excluding carboxylic acids is 1. The van der Waals surface area contributed by atoms with Gasteiger partial charge in [0, 0.05) is 11.6 Å². The highest BCUT2D eigenvalue weighted by Gasteiger charge is 2.16. The van der Waals surface area contributed by atoms with Crippen molar-refractivity contribution < 1.29 is 14.5 Å². The molecule has 0 amide bonds. The molecule has 0 aliphatic heterocycles. The first-order valence-corrected chi connectivity index (χ1v) is 7.68. The molecule has 0 aliphatic rings. The van der Waals surface area contributed by atoms with Crippen molar-refractivity contribution in [3.8, 4) is 16.9 Å². The fourth-order valence-corrected chi connectivity index (χ4v) is 2.51. The van der Waals surface area contributed by atoms with Gasteiger partial charge < -0.3 is 4.74 Å². The normalized spacial score (nSPS) is 10.2. The molecule has 3 aromatic carbocycles. The molecule has 0 fully saturated rings. The molecule has 0 spiro atoms. The Hall–Kier alpha value is -3.47. The van der Waals surface area contributed by atoms with Crippen molar-refractivity contribution in [2.45, 2.75) is 6.61 Å². The molecular formula is C20H15NO4. The van der Waals surface area contributed by atoms with Crippen LogP contribution in [0.2, 0.25) is 0 Å². The number of ether oxygens (including phenoxy) is 1. The van der Waals surface area contributed by atoms with Crippen molar-refractivity contribution in [2.24, 2.45) is 0 Å². The molecule has 5 nitrogen and oxygen atoms in total. The minimum atomic E-state index is -0.486. The number of carbonyl (C=O) groups is 1. The molecule has 0 aromatic heterocycles. The van der Waals surface area contributed by atoms with Crippen LogP contribution in [0.3, 0.4) is 0 Å². The molecule has 3 aromatic rings. The first-order chi connectivity index (χ1) is 12.2. The lowest BCUT2D eigenvalue weighted by Gasteiger charge is -2.09. The summed E-state index contributed by atoms with van der Waals surface area (Å²) >= 11 is 0. The third kappa shape index (κ3) is 3.90. The quantitative estimate of drug-likeness (QED) is 0.374. The van der Waals surface area contributed by atoms with E-state index in [4.69, 9.17) is 4.74 Å². The van der Waals surface area contributed by atoms with E-state index >= 15 is 0 Å². The second-order valence-corrected chi connectivity index (χ2v) is 5.45. The molecule has 0 radical (unpaired) electrons. The molecule has 0 saturated carbocycles. The largest absolute Gasteiger partial charge is 0.489 e. The Kier molecular flexibility index (Phi) is 4.85. The maximum absolute atomic E-state index is 11.3. The molecule has 0 aliphatic carbocycles. The fraction of sp³-hybridized carbons (Fsp3) is 0.0500. The summed E-state index contributed by atoms with van der Waals surface area (Å²) in [6.45, 7) is 0.413. The molecule has 25 heavy (non-hydrogen) atoms. The first kappa shape index (κ1) is 16.4. The van der Waals surface area contributed by atoms with E-state index in [2.05, 4.69) is 0 Å². The summed E-state index contributed by atoms with van der Waals surface area (Å²) in [6.07, 6.45) is 0.593. The third-order valence-corrected chi connectivity index (χ3v) is 3.75. The van der Waals surface area contributed by atoms with E-state index in [9.17, 15) is 14.9 Å². The van der Waals surface area contributed by atoms with Crippen LogP contribution in [0.4, 0.5) is 5.69 Å². The van der Waals surface area contributed by atoms with Gasteiger partial charge in [0.2, 0.25) is 0 Å². The van der Waals surface area contributed by atoms with Gasteiger partial charge in [-0.05, 0) is 29.3 Å². The molecule has 0 atom stereocenters. The van der Waals surface area contributed by atoms with Crippen LogP contribution in [0.5, 0.6) is 5.75 Å². The summed E-state index contributed by atoms with van der Waals surface area (Å²) in [5.74, 6) is 0.620. The molecule has 0 N–H and O–H groups in total. The van der Waals surface area contributed by atoms with Crippen LogP contribution in [-0.4, -0.2) is 11.2 Å². The van der Waals surface area contributed by atoms with Crippen LogP contribution in [0.15, 0.2) is 72.8 Å². The Balaban J connectivity index is 1.89. The number of nitro benzene ring substituents is 1. The van der Waals surface area contributed by atoms with Crippen molar-refractivity contribution >= 4 is 12.0 Å². The highest BCUT2D eigenvalue weighted by molar-refractivity contribution is 5.82.